The number of anilines is 2. The summed E-state index contributed by atoms with van der Waals surface area (Å²) in [7, 11) is 0. The average molecular weight is 411 g/mol. The van der Waals surface area contributed by atoms with Crippen molar-refractivity contribution in [3.8, 4) is 0 Å². The van der Waals surface area contributed by atoms with E-state index in [2.05, 4.69) is 21.5 Å². The Balaban J connectivity index is 1.30. The van der Waals surface area contributed by atoms with E-state index in [1.54, 1.807) is 11.3 Å². The summed E-state index contributed by atoms with van der Waals surface area (Å²) in [4.78, 5) is 24.8. The summed E-state index contributed by atoms with van der Waals surface area (Å²) in [5, 5.41) is 8.50. The standard InChI is InChI=1S/C21H26N6OS/c1-15-6-12-27(25-15)13-9-20(28)26-10-7-17(8-11-26)18-4-3-5-19(23-18)24-21-22-14-16(2)29-21/h3-6,12,14,17H,7-11,13H2,1-2H3,(H,22,23,24). The second-order valence-electron chi connectivity index (χ2n) is 7.47. The van der Waals surface area contributed by atoms with Crippen molar-refractivity contribution in [3.63, 3.8) is 0 Å². The molecule has 0 saturated carbocycles. The lowest BCUT2D eigenvalue weighted by Crippen LogP contribution is -2.38. The predicted octanol–water partition coefficient (Wildman–Crippen LogP) is 3.89. The quantitative estimate of drug-likeness (QED) is 0.667. The third kappa shape index (κ3) is 5.00. The van der Waals surface area contributed by atoms with Crippen LogP contribution in [0.15, 0.2) is 36.7 Å². The molecule has 1 saturated heterocycles. The van der Waals surface area contributed by atoms with Crippen LogP contribution in [-0.2, 0) is 11.3 Å². The van der Waals surface area contributed by atoms with Gasteiger partial charge in [0.1, 0.15) is 5.82 Å². The summed E-state index contributed by atoms with van der Waals surface area (Å²) in [5.41, 5.74) is 2.06. The normalized spacial score (nSPS) is 14.9. The number of piperidine rings is 1. The number of aryl methyl sites for hydroxylation is 3. The lowest BCUT2D eigenvalue weighted by Gasteiger charge is -2.32. The Morgan fingerprint density at radius 1 is 1.24 bits per heavy atom. The fraction of sp³-hybridized carbons (Fsp3) is 0.429. The number of rotatable bonds is 6. The topological polar surface area (TPSA) is 75.9 Å². The summed E-state index contributed by atoms with van der Waals surface area (Å²) in [5.74, 6) is 1.41. The molecule has 29 heavy (non-hydrogen) atoms. The zero-order valence-corrected chi connectivity index (χ0v) is 17.7. The number of nitrogens with one attached hydrogen (secondary N) is 1. The van der Waals surface area contributed by atoms with E-state index in [1.807, 2.05) is 54.0 Å². The van der Waals surface area contributed by atoms with Gasteiger partial charge in [0.05, 0.1) is 5.69 Å². The van der Waals surface area contributed by atoms with Gasteiger partial charge in [0, 0.05) is 54.9 Å². The highest BCUT2D eigenvalue weighted by Crippen LogP contribution is 2.29. The van der Waals surface area contributed by atoms with Crippen molar-refractivity contribution in [1.82, 2.24) is 24.6 Å². The molecule has 1 fully saturated rings. The van der Waals surface area contributed by atoms with Gasteiger partial charge in [-0.3, -0.25) is 9.48 Å². The molecule has 0 radical (unpaired) electrons. The summed E-state index contributed by atoms with van der Waals surface area (Å²) in [6.07, 6.45) is 6.17. The van der Waals surface area contributed by atoms with E-state index >= 15 is 0 Å². The van der Waals surface area contributed by atoms with Crippen LogP contribution in [0.3, 0.4) is 0 Å². The van der Waals surface area contributed by atoms with Gasteiger partial charge in [-0.15, -0.1) is 11.3 Å². The number of carbonyl (C=O) groups is 1. The largest absolute Gasteiger partial charge is 0.343 e. The third-order valence-electron chi connectivity index (χ3n) is 5.22. The maximum absolute atomic E-state index is 12.5. The monoisotopic (exact) mass is 410 g/mol. The molecule has 1 N–H and O–H groups in total. The molecule has 1 aliphatic heterocycles. The fourth-order valence-corrected chi connectivity index (χ4v) is 4.32. The lowest BCUT2D eigenvalue weighted by atomic mass is 9.93. The maximum Gasteiger partial charge on any atom is 0.224 e. The molecule has 0 bridgehead atoms. The smallest absolute Gasteiger partial charge is 0.224 e. The maximum atomic E-state index is 12.5. The van der Waals surface area contributed by atoms with Crippen molar-refractivity contribution >= 4 is 28.2 Å². The van der Waals surface area contributed by atoms with Crippen LogP contribution in [0.2, 0.25) is 0 Å². The van der Waals surface area contributed by atoms with Gasteiger partial charge in [-0.1, -0.05) is 6.07 Å². The lowest BCUT2D eigenvalue weighted by molar-refractivity contribution is -0.132. The molecule has 0 aliphatic carbocycles. The Hall–Kier alpha value is -2.74. The van der Waals surface area contributed by atoms with E-state index in [-0.39, 0.29) is 5.91 Å². The van der Waals surface area contributed by atoms with Crippen LogP contribution in [0, 0.1) is 13.8 Å². The van der Waals surface area contributed by atoms with Gasteiger partial charge < -0.3 is 10.2 Å². The van der Waals surface area contributed by atoms with Crippen molar-refractivity contribution in [2.24, 2.45) is 0 Å². The highest BCUT2D eigenvalue weighted by Gasteiger charge is 2.24. The van der Waals surface area contributed by atoms with Crippen LogP contribution in [-0.4, -0.2) is 43.6 Å². The number of nitrogens with zero attached hydrogens (tertiary/aromatic N) is 5. The first-order chi connectivity index (χ1) is 14.1. The van der Waals surface area contributed by atoms with Gasteiger partial charge in [-0.2, -0.15) is 5.10 Å². The highest BCUT2D eigenvalue weighted by atomic mass is 32.1. The zero-order valence-electron chi connectivity index (χ0n) is 16.8. The molecule has 0 aromatic carbocycles. The molecule has 0 unspecified atom stereocenters. The van der Waals surface area contributed by atoms with Crippen LogP contribution in [0.5, 0.6) is 0 Å². The minimum atomic E-state index is 0.208. The summed E-state index contributed by atoms with van der Waals surface area (Å²) < 4.78 is 1.84. The molecular weight excluding hydrogens is 384 g/mol. The van der Waals surface area contributed by atoms with Crippen molar-refractivity contribution < 1.29 is 4.79 Å². The number of hydrogen-bond acceptors (Lipinski definition) is 6. The van der Waals surface area contributed by atoms with E-state index in [1.165, 1.54) is 4.88 Å². The second kappa shape index (κ2) is 8.73. The molecule has 3 aromatic heterocycles. The minimum Gasteiger partial charge on any atom is -0.343 e. The number of aromatic nitrogens is 4. The van der Waals surface area contributed by atoms with E-state index in [9.17, 15) is 4.79 Å². The molecule has 4 heterocycles. The van der Waals surface area contributed by atoms with Gasteiger partial charge in [0.15, 0.2) is 5.13 Å². The van der Waals surface area contributed by atoms with Crippen LogP contribution >= 0.6 is 11.3 Å². The van der Waals surface area contributed by atoms with Crippen LogP contribution < -0.4 is 5.32 Å². The first kappa shape index (κ1) is 19.6. The summed E-state index contributed by atoms with van der Waals surface area (Å²) in [6, 6.07) is 8.05. The van der Waals surface area contributed by atoms with Gasteiger partial charge in [0.2, 0.25) is 5.91 Å². The minimum absolute atomic E-state index is 0.208. The predicted molar refractivity (Wildman–Crippen MR) is 115 cm³/mol. The molecule has 1 aliphatic rings. The van der Waals surface area contributed by atoms with Gasteiger partial charge in [0.25, 0.3) is 0 Å². The molecule has 0 spiro atoms. The molecule has 1 amide bonds. The zero-order chi connectivity index (χ0) is 20.2. The molecular formula is C21H26N6OS. The second-order valence-corrected chi connectivity index (χ2v) is 8.71. The van der Waals surface area contributed by atoms with E-state index < -0.39 is 0 Å². The van der Waals surface area contributed by atoms with Gasteiger partial charge in [-0.25, -0.2) is 9.97 Å². The molecule has 0 atom stereocenters. The number of likely N-dealkylation sites (tertiary alicyclic amines) is 1. The number of thiazole rings is 1. The van der Waals surface area contributed by atoms with Crippen molar-refractivity contribution in [2.45, 2.75) is 45.6 Å². The number of pyridine rings is 1. The Labute approximate surface area is 174 Å². The van der Waals surface area contributed by atoms with Gasteiger partial charge in [-0.05, 0) is 44.9 Å². The number of amides is 1. The molecule has 8 heteroatoms. The highest BCUT2D eigenvalue weighted by molar-refractivity contribution is 7.15. The van der Waals surface area contributed by atoms with Crippen molar-refractivity contribution in [3.05, 3.63) is 52.9 Å². The van der Waals surface area contributed by atoms with Crippen LogP contribution in [0.1, 0.15) is 41.4 Å². The van der Waals surface area contributed by atoms with Crippen LogP contribution in [0.4, 0.5) is 10.9 Å². The Morgan fingerprint density at radius 2 is 2.07 bits per heavy atom. The third-order valence-corrected chi connectivity index (χ3v) is 6.05. The van der Waals surface area contributed by atoms with Gasteiger partial charge >= 0.3 is 0 Å². The molecule has 152 valence electrons. The van der Waals surface area contributed by atoms with Crippen molar-refractivity contribution in [2.75, 3.05) is 18.4 Å². The number of carbonyl (C=O) groups excluding carboxylic acids is 1. The number of hydrogen-bond donors (Lipinski definition) is 1. The van der Waals surface area contributed by atoms with Crippen molar-refractivity contribution in [1.29, 1.82) is 0 Å². The Bertz CT molecular complexity index is 973. The summed E-state index contributed by atoms with van der Waals surface area (Å²) in [6.45, 7) is 6.20. The molecule has 3 aromatic rings. The summed E-state index contributed by atoms with van der Waals surface area (Å²) >= 11 is 1.62. The van der Waals surface area contributed by atoms with Crippen LogP contribution in [0.25, 0.3) is 0 Å². The fourth-order valence-electron chi connectivity index (χ4n) is 3.65. The van der Waals surface area contributed by atoms with E-state index in [0.717, 1.165) is 48.3 Å². The molecule has 4 rings (SSSR count). The average Bonchev–Trinajstić information content (AvgIpc) is 3.34. The Kier molecular flexibility index (Phi) is 5.89. The molecule has 7 nitrogen and oxygen atoms in total. The van der Waals surface area contributed by atoms with E-state index in [4.69, 9.17) is 4.98 Å². The van der Waals surface area contributed by atoms with E-state index in [0.29, 0.717) is 18.9 Å². The first-order valence-corrected chi connectivity index (χ1v) is 10.8. The SMILES string of the molecule is Cc1ccn(CCC(=O)N2CCC(c3cccc(Nc4ncc(C)s4)n3)CC2)n1. The Morgan fingerprint density at radius 3 is 2.76 bits per heavy atom. The first-order valence-electron chi connectivity index (χ1n) is 10.0.